The maximum Gasteiger partial charge on any atom is 0.134 e. The van der Waals surface area contributed by atoms with Gasteiger partial charge in [-0.25, -0.2) is 0 Å². The van der Waals surface area contributed by atoms with E-state index >= 15 is 0 Å². The van der Waals surface area contributed by atoms with Crippen LogP contribution in [0.3, 0.4) is 0 Å². The average molecular weight is 306 g/mol. The molecule has 0 unspecified atom stereocenters. The number of hydrogen-bond acceptors (Lipinski definition) is 3. The number of rotatable bonds is 4. The molecule has 21 heavy (non-hydrogen) atoms. The Hall–Kier alpha value is -1.75. The van der Waals surface area contributed by atoms with E-state index in [-0.39, 0.29) is 19.8 Å². The lowest BCUT2D eigenvalue weighted by atomic mass is 10.1. The molecule has 4 nitrogen and oxygen atoms in total. The molecule has 0 spiro atoms. The third kappa shape index (κ3) is 2.25. The molecule has 0 fully saturated rings. The van der Waals surface area contributed by atoms with Gasteiger partial charge in [-0.3, -0.25) is 0 Å². The molecule has 110 valence electrons. The molecule has 0 radical (unpaired) electrons. The Balaban J connectivity index is 2.41. The van der Waals surface area contributed by atoms with Crippen LogP contribution in [0.4, 0.5) is 0 Å². The number of aromatic nitrogens is 1. The van der Waals surface area contributed by atoms with Gasteiger partial charge in [0.25, 0.3) is 0 Å². The number of nitrogens with zero attached hydrogens (tertiary/aromatic N) is 1. The number of aliphatic hydroxyl groups excluding tert-OH is 2. The Kier molecular flexibility index (Phi) is 3.76. The van der Waals surface area contributed by atoms with Gasteiger partial charge in [0.05, 0.1) is 18.7 Å². The smallest absolute Gasteiger partial charge is 0.134 e. The minimum Gasteiger partial charge on any atom is -0.490 e. The first kappa shape index (κ1) is 14.2. The van der Waals surface area contributed by atoms with Gasteiger partial charge in [-0.15, -0.1) is 0 Å². The lowest BCUT2D eigenvalue weighted by Crippen LogP contribution is -2.04. The summed E-state index contributed by atoms with van der Waals surface area (Å²) < 4.78 is 7.75. The second-order valence-electron chi connectivity index (χ2n) is 4.90. The highest BCUT2D eigenvalue weighted by atomic mass is 35.5. The van der Waals surface area contributed by atoms with Gasteiger partial charge < -0.3 is 19.5 Å². The van der Waals surface area contributed by atoms with Crippen molar-refractivity contribution in [2.45, 2.75) is 6.61 Å². The summed E-state index contributed by atoms with van der Waals surface area (Å²) in [5.41, 5.74) is 2.74. The number of benzene rings is 2. The van der Waals surface area contributed by atoms with Crippen LogP contribution >= 0.6 is 11.6 Å². The van der Waals surface area contributed by atoms with E-state index in [0.717, 1.165) is 21.8 Å². The van der Waals surface area contributed by atoms with Crippen LogP contribution in [-0.4, -0.2) is 28.0 Å². The van der Waals surface area contributed by atoms with Crippen molar-refractivity contribution < 1.29 is 14.9 Å². The summed E-state index contributed by atoms with van der Waals surface area (Å²) in [5.74, 6) is 0.608. The summed E-state index contributed by atoms with van der Waals surface area (Å²) >= 11 is 6.12. The van der Waals surface area contributed by atoms with Gasteiger partial charge in [-0.05, 0) is 24.3 Å². The van der Waals surface area contributed by atoms with Crippen LogP contribution in [0.2, 0.25) is 5.02 Å². The first-order valence-corrected chi connectivity index (χ1v) is 7.09. The molecule has 0 bridgehead atoms. The average Bonchev–Trinajstić information content (AvgIpc) is 2.77. The van der Waals surface area contributed by atoms with Gasteiger partial charge in [0.2, 0.25) is 0 Å². The molecule has 0 aliphatic rings. The van der Waals surface area contributed by atoms with Crippen molar-refractivity contribution >= 4 is 33.4 Å². The Bertz CT molecular complexity index is 810. The van der Waals surface area contributed by atoms with E-state index in [4.69, 9.17) is 21.4 Å². The molecule has 2 N–H and O–H groups in total. The number of aryl methyl sites for hydroxylation is 1. The molecular weight excluding hydrogens is 290 g/mol. The Labute approximate surface area is 127 Å². The van der Waals surface area contributed by atoms with Crippen molar-refractivity contribution in [3.8, 4) is 5.75 Å². The van der Waals surface area contributed by atoms with Crippen LogP contribution in [0.1, 0.15) is 5.56 Å². The minimum atomic E-state index is -0.117. The van der Waals surface area contributed by atoms with E-state index in [1.165, 1.54) is 0 Å². The van der Waals surface area contributed by atoms with E-state index in [0.29, 0.717) is 16.3 Å². The summed E-state index contributed by atoms with van der Waals surface area (Å²) in [5, 5.41) is 21.1. The van der Waals surface area contributed by atoms with Crippen molar-refractivity contribution in [2.75, 3.05) is 13.2 Å². The zero-order valence-electron chi connectivity index (χ0n) is 11.6. The minimum absolute atomic E-state index is 0.0766. The summed E-state index contributed by atoms with van der Waals surface area (Å²) in [4.78, 5) is 0. The zero-order chi connectivity index (χ0) is 15.0. The van der Waals surface area contributed by atoms with Crippen LogP contribution in [0.15, 0.2) is 30.3 Å². The molecule has 0 saturated heterocycles. The first-order valence-electron chi connectivity index (χ1n) is 6.71. The molecule has 3 rings (SSSR count). The normalized spacial score (nSPS) is 11.4. The number of ether oxygens (including phenoxy) is 1. The maximum atomic E-state index is 9.54. The van der Waals surface area contributed by atoms with Gasteiger partial charge in [0.15, 0.2) is 0 Å². The third-order valence-corrected chi connectivity index (χ3v) is 3.91. The van der Waals surface area contributed by atoms with Crippen LogP contribution in [-0.2, 0) is 13.7 Å². The first-order chi connectivity index (χ1) is 10.2. The zero-order valence-corrected chi connectivity index (χ0v) is 12.4. The lowest BCUT2D eigenvalue weighted by molar-refractivity contribution is 0.197. The Morgan fingerprint density at radius 3 is 2.62 bits per heavy atom. The highest BCUT2D eigenvalue weighted by Gasteiger charge is 2.16. The fourth-order valence-corrected chi connectivity index (χ4v) is 2.90. The molecule has 3 aromatic rings. The second-order valence-corrected chi connectivity index (χ2v) is 5.34. The molecule has 0 saturated carbocycles. The maximum absolute atomic E-state index is 9.54. The molecule has 0 aliphatic heterocycles. The molecule has 0 aliphatic carbocycles. The fourth-order valence-electron chi connectivity index (χ4n) is 2.72. The van der Waals surface area contributed by atoms with E-state index in [9.17, 15) is 5.11 Å². The molecule has 0 amide bonds. The number of aliphatic hydroxyl groups is 2. The monoisotopic (exact) mass is 305 g/mol. The van der Waals surface area contributed by atoms with E-state index in [1.807, 2.05) is 37.4 Å². The summed E-state index contributed by atoms with van der Waals surface area (Å²) in [7, 11) is 1.98. The van der Waals surface area contributed by atoms with E-state index in [1.54, 1.807) is 0 Å². The van der Waals surface area contributed by atoms with Crippen molar-refractivity contribution in [1.29, 1.82) is 0 Å². The van der Waals surface area contributed by atoms with Crippen molar-refractivity contribution in [3.63, 3.8) is 0 Å². The molecule has 5 heteroatoms. The topological polar surface area (TPSA) is 54.6 Å². The highest BCUT2D eigenvalue weighted by molar-refractivity contribution is 6.32. The van der Waals surface area contributed by atoms with Crippen molar-refractivity contribution in [1.82, 2.24) is 4.57 Å². The van der Waals surface area contributed by atoms with E-state index in [2.05, 4.69) is 4.57 Å². The second kappa shape index (κ2) is 5.56. The van der Waals surface area contributed by atoms with Gasteiger partial charge in [-0.2, -0.15) is 0 Å². The molecule has 0 atom stereocenters. The van der Waals surface area contributed by atoms with Gasteiger partial charge in [0, 0.05) is 33.9 Å². The van der Waals surface area contributed by atoms with Crippen molar-refractivity contribution in [2.24, 2.45) is 7.05 Å². The largest absolute Gasteiger partial charge is 0.490 e. The van der Waals surface area contributed by atoms with Gasteiger partial charge in [0.1, 0.15) is 12.4 Å². The molecular formula is C16H16ClNO3. The predicted octanol–water partition coefficient (Wildman–Crippen LogP) is 2.85. The number of hydrogen-bond donors (Lipinski definition) is 2. The SMILES string of the molecule is Cn1c2ccc(Cl)cc2c2c(OCCO)c(CO)ccc21. The summed E-state index contributed by atoms with van der Waals surface area (Å²) in [6.07, 6.45) is 0. The summed E-state index contributed by atoms with van der Waals surface area (Å²) in [6.45, 7) is -0.0104. The Morgan fingerprint density at radius 1 is 1.14 bits per heavy atom. The van der Waals surface area contributed by atoms with Gasteiger partial charge in [-0.1, -0.05) is 17.7 Å². The predicted molar refractivity (Wildman–Crippen MR) is 83.9 cm³/mol. The van der Waals surface area contributed by atoms with Crippen LogP contribution in [0.25, 0.3) is 21.8 Å². The summed E-state index contributed by atoms with van der Waals surface area (Å²) in [6, 6.07) is 9.51. The standard InChI is InChI=1S/C16H16ClNO3/c1-18-13-5-3-11(17)8-12(13)15-14(18)4-2-10(9-20)16(15)21-7-6-19/h2-5,8,19-20H,6-7,9H2,1H3. The molecule has 1 heterocycles. The number of halogens is 1. The quantitative estimate of drug-likeness (QED) is 0.779. The van der Waals surface area contributed by atoms with Crippen molar-refractivity contribution in [3.05, 3.63) is 40.9 Å². The molecule has 2 aromatic carbocycles. The van der Waals surface area contributed by atoms with Crippen LogP contribution in [0, 0.1) is 0 Å². The van der Waals surface area contributed by atoms with Gasteiger partial charge >= 0.3 is 0 Å². The fraction of sp³-hybridized carbons (Fsp3) is 0.250. The van der Waals surface area contributed by atoms with E-state index < -0.39 is 0 Å². The van der Waals surface area contributed by atoms with Crippen LogP contribution < -0.4 is 4.74 Å². The Morgan fingerprint density at radius 2 is 1.90 bits per heavy atom. The highest BCUT2D eigenvalue weighted by Crippen LogP contribution is 2.38. The third-order valence-electron chi connectivity index (χ3n) is 3.68. The molecule has 1 aromatic heterocycles. The van der Waals surface area contributed by atoms with Crippen LogP contribution in [0.5, 0.6) is 5.75 Å². The number of fused-ring (bicyclic) bond motifs is 3. The lowest BCUT2D eigenvalue weighted by Gasteiger charge is -2.11.